The van der Waals surface area contributed by atoms with Crippen molar-refractivity contribution >= 4 is 11.6 Å². The maximum Gasteiger partial charge on any atom is 0.145 e. The lowest BCUT2D eigenvalue weighted by atomic mass is 9.90. The van der Waals surface area contributed by atoms with E-state index in [0.29, 0.717) is 24.0 Å². The predicted molar refractivity (Wildman–Crippen MR) is 58.0 cm³/mol. The van der Waals surface area contributed by atoms with Crippen molar-refractivity contribution in [1.82, 2.24) is 0 Å². The molecule has 0 heterocycles. The van der Waals surface area contributed by atoms with Gasteiger partial charge in [-0.25, -0.2) is 4.39 Å². The van der Waals surface area contributed by atoms with Gasteiger partial charge in [-0.15, -0.1) is 0 Å². The Hall–Kier alpha value is -0.800. The molecule has 0 aromatic heterocycles. The molecule has 0 saturated heterocycles. The Labute approximate surface area is 97.7 Å². The van der Waals surface area contributed by atoms with Gasteiger partial charge in [0.25, 0.3) is 0 Å². The van der Waals surface area contributed by atoms with Gasteiger partial charge in [0, 0.05) is 11.6 Å². The van der Waals surface area contributed by atoms with Crippen LogP contribution in [0.25, 0.3) is 0 Å². The molecule has 0 amide bonds. The monoisotopic (exact) mass is 242 g/mol. The fourth-order valence-electron chi connectivity index (χ4n) is 2.79. The third-order valence-electron chi connectivity index (χ3n) is 3.74. The molecule has 1 aromatic carbocycles. The molecule has 2 nitrogen and oxygen atoms in total. The van der Waals surface area contributed by atoms with Crippen LogP contribution in [0.4, 0.5) is 4.39 Å². The van der Waals surface area contributed by atoms with Crippen LogP contribution < -0.4 is 0 Å². The van der Waals surface area contributed by atoms with Gasteiger partial charge in [0.15, 0.2) is 0 Å². The molecule has 2 aliphatic carbocycles. The summed E-state index contributed by atoms with van der Waals surface area (Å²) in [5.41, 5.74) is 0.0477. The second kappa shape index (κ2) is 3.11. The van der Waals surface area contributed by atoms with Crippen LogP contribution >= 0.6 is 11.6 Å². The summed E-state index contributed by atoms with van der Waals surface area (Å²) in [6.07, 6.45) is 2.99. The molecular formula is C12H12ClFO2. The number of fused-ring (bicyclic) bond motifs is 1. The molecule has 0 radical (unpaired) electrons. The maximum atomic E-state index is 13.3. The fraction of sp³-hybridized carbons (Fsp3) is 0.500. The molecule has 3 rings (SSSR count). The minimum absolute atomic E-state index is 0.0457. The minimum atomic E-state index is -0.989. The summed E-state index contributed by atoms with van der Waals surface area (Å²) >= 11 is 5.87. The van der Waals surface area contributed by atoms with Gasteiger partial charge in [-0.3, -0.25) is 0 Å². The van der Waals surface area contributed by atoms with Crippen molar-refractivity contribution in [3.05, 3.63) is 28.0 Å². The summed E-state index contributed by atoms with van der Waals surface area (Å²) in [5, 5.41) is 20.4. The highest BCUT2D eigenvalue weighted by molar-refractivity contribution is 6.31. The van der Waals surface area contributed by atoms with Crippen LogP contribution in [0, 0.1) is 11.7 Å². The Balaban J connectivity index is 2.22. The van der Waals surface area contributed by atoms with Crippen molar-refractivity contribution in [3.8, 4) is 5.75 Å². The third-order valence-corrected chi connectivity index (χ3v) is 4.15. The maximum absolute atomic E-state index is 13.3. The number of halogens is 2. The molecule has 0 aliphatic heterocycles. The van der Waals surface area contributed by atoms with Crippen LogP contribution in [-0.4, -0.2) is 10.2 Å². The number of aliphatic hydroxyl groups is 1. The zero-order valence-electron chi connectivity index (χ0n) is 8.63. The summed E-state index contributed by atoms with van der Waals surface area (Å²) in [5.74, 6) is -0.581. The molecule has 0 spiro atoms. The first-order chi connectivity index (χ1) is 7.54. The van der Waals surface area contributed by atoms with Gasteiger partial charge in [0.05, 0.1) is 10.6 Å². The number of aromatic hydroxyl groups is 1. The minimum Gasteiger partial charge on any atom is -0.507 e. The van der Waals surface area contributed by atoms with Gasteiger partial charge < -0.3 is 10.2 Å². The van der Waals surface area contributed by atoms with E-state index in [1.165, 1.54) is 0 Å². The van der Waals surface area contributed by atoms with E-state index < -0.39 is 11.4 Å². The highest BCUT2D eigenvalue weighted by atomic mass is 35.5. The van der Waals surface area contributed by atoms with E-state index in [1.807, 2.05) is 0 Å². The highest BCUT2D eigenvalue weighted by Gasteiger charge is 2.51. The zero-order valence-corrected chi connectivity index (χ0v) is 9.39. The molecule has 2 aliphatic rings. The number of benzene rings is 1. The average Bonchev–Trinajstić information content (AvgIpc) is 3.01. The van der Waals surface area contributed by atoms with Crippen molar-refractivity contribution in [2.45, 2.75) is 31.3 Å². The summed E-state index contributed by atoms with van der Waals surface area (Å²) in [6, 6.07) is 1.000. The molecule has 1 unspecified atom stereocenters. The normalized spacial score (nSPS) is 28.2. The molecule has 1 aromatic rings. The van der Waals surface area contributed by atoms with Crippen LogP contribution in [0.1, 0.15) is 30.4 Å². The summed E-state index contributed by atoms with van der Waals surface area (Å²) in [7, 11) is 0. The van der Waals surface area contributed by atoms with Crippen molar-refractivity contribution < 1.29 is 14.6 Å². The Morgan fingerprint density at radius 2 is 2.12 bits per heavy atom. The van der Waals surface area contributed by atoms with Crippen molar-refractivity contribution in [2.75, 3.05) is 0 Å². The third kappa shape index (κ3) is 1.22. The molecule has 2 N–H and O–H groups in total. The molecule has 1 atom stereocenters. The van der Waals surface area contributed by atoms with Crippen molar-refractivity contribution in [2.24, 2.45) is 5.92 Å². The molecule has 1 fully saturated rings. The van der Waals surface area contributed by atoms with Crippen molar-refractivity contribution in [3.63, 3.8) is 0 Å². The van der Waals surface area contributed by atoms with Gasteiger partial charge in [-0.2, -0.15) is 0 Å². The van der Waals surface area contributed by atoms with E-state index in [0.717, 1.165) is 18.9 Å². The lowest BCUT2D eigenvalue weighted by Crippen LogP contribution is -2.25. The number of rotatable bonds is 1. The zero-order chi connectivity index (χ0) is 11.5. The number of hydrogen-bond donors (Lipinski definition) is 2. The highest BCUT2D eigenvalue weighted by Crippen LogP contribution is 2.56. The lowest BCUT2D eigenvalue weighted by Gasteiger charge is -2.24. The van der Waals surface area contributed by atoms with Crippen LogP contribution in [0.5, 0.6) is 5.75 Å². The number of phenolic OH excluding ortho intramolecular Hbond substituents is 1. The van der Waals surface area contributed by atoms with E-state index in [2.05, 4.69) is 0 Å². The van der Waals surface area contributed by atoms with Crippen LogP contribution in [0.3, 0.4) is 0 Å². The van der Waals surface area contributed by atoms with Gasteiger partial charge in [-0.1, -0.05) is 11.6 Å². The Morgan fingerprint density at radius 3 is 2.75 bits per heavy atom. The Kier molecular flexibility index (Phi) is 2.01. The van der Waals surface area contributed by atoms with Gasteiger partial charge in [0.2, 0.25) is 0 Å². The molecule has 86 valence electrons. The van der Waals surface area contributed by atoms with Crippen LogP contribution in [0.15, 0.2) is 6.07 Å². The second-order valence-electron chi connectivity index (χ2n) is 4.74. The SMILES string of the molecule is Oc1cc(F)c(Cl)c2c1C(O)(C1CC1)CC2. The standard InChI is InChI=1S/C12H12ClFO2/c13-11-7-3-4-12(16,6-1-2-6)10(7)9(15)5-8(11)14/h5-6,15-16H,1-4H2. The molecule has 1 saturated carbocycles. The van der Waals surface area contributed by atoms with Crippen LogP contribution in [-0.2, 0) is 12.0 Å². The fourth-order valence-corrected chi connectivity index (χ4v) is 3.04. The van der Waals surface area contributed by atoms with Gasteiger partial charge >= 0.3 is 0 Å². The Bertz CT molecular complexity index is 471. The van der Waals surface area contributed by atoms with Gasteiger partial charge in [0.1, 0.15) is 11.6 Å². The smallest absolute Gasteiger partial charge is 0.145 e. The van der Waals surface area contributed by atoms with E-state index in [1.54, 1.807) is 0 Å². The van der Waals surface area contributed by atoms with Crippen molar-refractivity contribution in [1.29, 1.82) is 0 Å². The molecule has 0 bridgehead atoms. The topological polar surface area (TPSA) is 40.5 Å². The van der Waals surface area contributed by atoms with E-state index >= 15 is 0 Å². The first-order valence-corrected chi connectivity index (χ1v) is 5.84. The lowest BCUT2D eigenvalue weighted by molar-refractivity contribution is 0.0130. The summed E-state index contributed by atoms with van der Waals surface area (Å²) in [6.45, 7) is 0. The number of phenols is 1. The first-order valence-electron chi connectivity index (χ1n) is 5.46. The van der Waals surface area contributed by atoms with Crippen LogP contribution in [0.2, 0.25) is 5.02 Å². The first kappa shape index (κ1) is 10.4. The van der Waals surface area contributed by atoms with E-state index in [4.69, 9.17) is 11.6 Å². The quantitative estimate of drug-likeness (QED) is 0.795. The Morgan fingerprint density at radius 1 is 1.44 bits per heavy atom. The number of hydrogen-bond acceptors (Lipinski definition) is 2. The molecule has 16 heavy (non-hydrogen) atoms. The predicted octanol–water partition coefficient (Wildman–Crippen LogP) is 2.73. The summed E-state index contributed by atoms with van der Waals surface area (Å²) in [4.78, 5) is 0. The largest absolute Gasteiger partial charge is 0.507 e. The van der Waals surface area contributed by atoms with Gasteiger partial charge in [-0.05, 0) is 37.2 Å². The second-order valence-corrected chi connectivity index (χ2v) is 5.12. The average molecular weight is 243 g/mol. The summed E-state index contributed by atoms with van der Waals surface area (Å²) < 4.78 is 13.3. The van der Waals surface area contributed by atoms with E-state index in [-0.39, 0.29) is 16.7 Å². The van der Waals surface area contributed by atoms with E-state index in [9.17, 15) is 14.6 Å². The molecular weight excluding hydrogens is 231 g/mol. The molecule has 4 heteroatoms.